The normalized spacial score (nSPS) is 17.1. The van der Waals surface area contributed by atoms with Gasteiger partial charge >= 0.3 is 0 Å². The van der Waals surface area contributed by atoms with E-state index in [4.69, 9.17) is 5.73 Å². The van der Waals surface area contributed by atoms with Gasteiger partial charge in [0, 0.05) is 26.2 Å². The van der Waals surface area contributed by atoms with E-state index in [9.17, 15) is 9.59 Å². The molecule has 6 nitrogen and oxygen atoms in total. The van der Waals surface area contributed by atoms with Gasteiger partial charge in [-0.1, -0.05) is 6.92 Å². The van der Waals surface area contributed by atoms with E-state index >= 15 is 0 Å². The first-order chi connectivity index (χ1) is 9.60. The third kappa shape index (κ3) is 3.78. The van der Waals surface area contributed by atoms with Crippen molar-refractivity contribution in [3.63, 3.8) is 0 Å². The summed E-state index contributed by atoms with van der Waals surface area (Å²) in [5, 5.41) is 5.05. The number of likely N-dealkylation sites (N-methyl/N-ethyl adjacent to an activating group) is 1. The second kappa shape index (κ2) is 6.83. The Bertz CT molecular complexity index is 480. The molecule has 0 aliphatic carbocycles. The Labute approximate surface area is 122 Å². The lowest BCUT2D eigenvalue weighted by atomic mass is 10.3. The van der Waals surface area contributed by atoms with Crippen LogP contribution in [0.15, 0.2) is 11.4 Å². The number of hydrogen-bond donors (Lipinski definition) is 2. The van der Waals surface area contributed by atoms with E-state index in [2.05, 4.69) is 22.0 Å². The van der Waals surface area contributed by atoms with Crippen LogP contribution in [0.5, 0.6) is 0 Å². The standard InChI is InChI=1S/C13H20N4O2S/c1-2-16-4-6-17(7-5-16)9-11(18)15-13-10(12(14)19)3-8-20-13/h3,8H,2,4-7,9H2,1H3,(H2,14,19)(H,15,18). The van der Waals surface area contributed by atoms with Crippen LogP contribution in [0.25, 0.3) is 0 Å². The molecule has 1 aliphatic heterocycles. The summed E-state index contributed by atoms with van der Waals surface area (Å²) in [7, 11) is 0. The molecule has 0 aromatic carbocycles. The molecule has 1 saturated heterocycles. The summed E-state index contributed by atoms with van der Waals surface area (Å²) in [5.41, 5.74) is 5.62. The van der Waals surface area contributed by atoms with Crippen molar-refractivity contribution in [2.24, 2.45) is 5.73 Å². The quantitative estimate of drug-likeness (QED) is 0.825. The number of piperazine rings is 1. The first-order valence-corrected chi connectivity index (χ1v) is 7.60. The molecule has 3 N–H and O–H groups in total. The molecule has 0 bridgehead atoms. The molecule has 1 aromatic heterocycles. The smallest absolute Gasteiger partial charge is 0.251 e. The summed E-state index contributed by atoms with van der Waals surface area (Å²) < 4.78 is 0. The first-order valence-electron chi connectivity index (χ1n) is 6.72. The number of primary amides is 1. The number of hydrogen-bond acceptors (Lipinski definition) is 5. The van der Waals surface area contributed by atoms with E-state index < -0.39 is 5.91 Å². The molecule has 2 rings (SSSR count). The van der Waals surface area contributed by atoms with Crippen molar-refractivity contribution in [2.45, 2.75) is 6.92 Å². The second-order valence-corrected chi connectivity index (χ2v) is 5.70. The lowest BCUT2D eigenvalue weighted by molar-refractivity contribution is -0.117. The number of anilines is 1. The maximum Gasteiger partial charge on any atom is 0.251 e. The number of rotatable bonds is 5. The molecule has 0 saturated carbocycles. The van der Waals surface area contributed by atoms with Gasteiger partial charge in [0.2, 0.25) is 5.91 Å². The van der Waals surface area contributed by atoms with Crippen LogP contribution in [0.3, 0.4) is 0 Å². The topological polar surface area (TPSA) is 78.7 Å². The van der Waals surface area contributed by atoms with Gasteiger partial charge in [0.25, 0.3) is 5.91 Å². The Morgan fingerprint density at radius 3 is 2.55 bits per heavy atom. The summed E-state index contributed by atoms with van der Waals surface area (Å²) in [5.74, 6) is -0.613. The zero-order chi connectivity index (χ0) is 14.5. The molecule has 20 heavy (non-hydrogen) atoms. The van der Waals surface area contributed by atoms with Gasteiger partial charge in [-0.15, -0.1) is 11.3 Å². The van der Waals surface area contributed by atoms with Crippen molar-refractivity contribution < 1.29 is 9.59 Å². The molecular formula is C13H20N4O2S. The van der Waals surface area contributed by atoms with E-state index in [0.29, 0.717) is 17.1 Å². The van der Waals surface area contributed by atoms with Crippen LogP contribution >= 0.6 is 11.3 Å². The predicted octanol–water partition coefficient (Wildman–Crippen LogP) is 0.423. The van der Waals surface area contributed by atoms with Crippen LogP contribution in [0.1, 0.15) is 17.3 Å². The molecule has 1 aromatic rings. The highest BCUT2D eigenvalue weighted by Crippen LogP contribution is 2.22. The minimum Gasteiger partial charge on any atom is -0.366 e. The van der Waals surface area contributed by atoms with Gasteiger partial charge in [0.15, 0.2) is 0 Å². The van der Waals surface area contributed by atoms with Gasteiger partial charge in [-0.2, -0.15) is 0 Å². The fourth-order valence-electron chi connectivity index (χ4n) is 2.23. The average molecular weight is 296 g/mol. The van der Waals surface area contributed by atoms with Crippen molar-refractivity contribution in [1.82, 2.24) is 9.80 Å². The van der Waals surface area contributed by atoms with Crippen LogP contribution in [0.4, 0.5) is 5.00 Å². The largest absolute Gasteiger partial charge is 0.366 e. The van der Waals surface area contributed by atoms with Gasteiger partial charge in [0.05, 0.1) is 12.1 Å². The Morgan fingerprint density at radius 2 is 1.95 bits per heavy atom. The molecular weight excluding hydrogens is 276 g/mol. The Kier molecular flexibility index (Phi) is 5.11. The predicted molar refractivity (Wildman–Crippen MR) is 80.0 cm³/mol. The van der Waals surface area contributed by atoms with E-state index in [-0.39, 0.29) is 5.91 Å². The van der Waals surface area contributed by atoms with Crippen molar-refractivity contribution in [3.8, 4) is 0 Å². The Balaban J connectivity index is 1.84. The molecule has 0 unspecified atom stereocenters. The number of carbonyl (C=O) groups is 2. The van der Waals surface area contributed by atoms with Crippen LogP contribution in [-0.2, 0) is 4.79 Å². The molecule has 1 aliphatic rings. The zero-order valence-electron chi connectivity index (χ0n) is 11.6. The fraction of sp³-hybridized carbons (Fsp3) is 0.538. The van der Waals surface area contributed by atoms with Crippen LogP contribution in [0, 0.1) is 0 Å². The molecule has 110 valence electrons. The minimum absolute atomic E-state index is 0.0973. The van der Waals surface area contributed by atoms with Gasteiger partial charge in [0.1, 0.15) is 5.00 Å². The minimum atomic E-state index is -0.516. The highest BCUT2D eigenvalue weighted by Gasteiger charge is 2.19. The number of nitrogens with zero attached hydrogens (tertiary/aromatic N) is 2. The maximum absolute atomic E-state index is 12.0. The zero-order valence-corrected chi connectivity index (χ0v) is 12.4. The van der Waals surface area contributed by atoms with E-state index in [1.165, 1.54) is 11.3 Å². The number of amides is 2. The lowest BCUT2D eigenvalue weighted by Gasteiger charge is -2.33. The summed E-state index contributed by atoms with van der Waals surface area (Å²) in [6.45, 7) is 7.34. The molecule has 2 heterocycles. The number of nitrogens with two attached hydrogens (primary N) is 1. The van der Waals surface area contributed by atoms with Crippen molar-refractivity contribution >= 4 is 28.2 Å². The Morgan fingerprint density at radius 1 is 1.30 bits per heavy atom. The first kappa shape index (κ1) is 15.0. The van der Waals surface area contributed by atoms with Gasteiger partial charge in [-0.3, -0.25) is 14.5 Å². The van der Waals surface area contributed by atoms with Gasteiger partial charge < -0.3 is 16.0 Å². The van der Waals surface area contributed by atoms with Gasteiger partial charge in [-0.25, -0.2) is 0 Å². The van der Waals surface area contributed by atoms with E-state index in [0.717, 1.165) is 32.7 Å². The van der Waals surface area contributed by atoms with E-state index in [1.807, 2.05) is 0 Å². The van der Waals surface area contributed by atoms with Crippen molar-refractivity contribution in [2.75, 3.05) is 44.6 Å². The third-order valence-electron chi connectivity index (χ3n) is 3.46. The van der Waals surface area contributed by atoms with Crippen molar-refractivity contribution in [1.29, 1.82) is 0 Å². The molecule has 0 spiro atoms. The summed E-state index contributed by atoms with van der Waals surface area (Å²) in [6.07, 6.45) is 0. The molecule has 0 radical (unpaired) electrons. The van der Waals surface area contributed by atoms with Crippen LogP contribution in [0.2, 0.25) is 0 Å². The number of nitrogens with one attached hydrogen (secondary N) is 1. The molecule has 2 amide bonds. The molecule has 0 atom stereocenters. The monoisotopic (exact) mass is 296 g/mol. The lowest BCUT2D eigenvalue weighted by Crippen LogP contribution is -2.48. The SMILES string of the molecule is CCN1CCN(CC(=O)Nc2sccc2C(N)=O)CC1. The molecule has 1 fully saturated rings. The highest BCUT2D eigenvalue weighted by atomic mass is 32.1. The van der Waals surface area contributed by atoms with Crippen LogP contribution < -0.4 is 11.1 Å². The summed E-state index contributed by atoms with van der Waals surface area (Å²) in [4.78, 5) is 27.7. The number of thiophene rings is 1. The third-order valence-corrected chi connectivity index (χ3v) is 4.29. The van der Waals surface area contributed by atoms with Crippen LogP contribution in [-0.4, -0.2) is 60.9 Å². The average Bonchev–Trinajstić information content (AvgIpc) is 2.87. The van der Waals surface area contributed by atoms with E-state index in [1.54, 1.807) is 11.4 Å². The van der Waals surface area contributed by atoms with Crippen molar-refractivity contribution in [3.05, 3.63) is 17.0 Å². The fourth-order valence-corrected chi connectivity index (χ4v) is 3.04. The Hall–Kier alpha value is -1.44. The summed E-state index contributed by atoms with van der Waals surface area (Å²) in [6, 6.07) is 1.63. The highest BCUT2D eigenvalue weighted by molar-refractivity contribution is 7.14. The maximum atomic E-state index is 12.0. The summed E-state index contributed by atoms with van der Waals surface area (Å²) >= 11 is 1.31. The molecule has 7 heteroatoms. The second-order valence-electron chi connectivity index (χ2n) is 4.79. The number of carbonyl (C=O) groups excluding carboxylic acids is 2. The van der Waals surface area contributed by atoms with Gasteiger partial charge in [-0.05, 0) is 18.0 Å².